The van der Waals surface area contributed by atoms with E-state index in [0.29, 0.717) is 10.8 Å². The molecule has 3 aromatic carbocycles. The molecule has 0 saturated carbocycles. The number of anilines is 1. The van der Waals surface area contributed by atoms with Crippen LogP contribution in [0.2, 0.25) is 5.02 Å². The number of amidine groups is 1. The first-order valence-electron chi connectivity index (χ1n) is 11.6. The van der Waals surface area contributed by atoms with Crippen molar-refractivity contribution < 1.29 is 18.3 Å². The third-order valence-electron chi connectivity index (χ3n) is 6.48. The Kier molecular flexibility index (Phi) is 5.68. The average Bonchev–Trinajstić information content (AvgIpc) is 3.23. The number of methoxy groups -OCH3 is 1. The first kappa shape index (κ1) is 23.2. The molecular formula is C28H21ClF2N4O2. The second-order valence-corrected chi connectivity index (χ2v) is 9.07. The summed E-state index contributed by atoms with van der Waals surface area (Å²) >= 11 is 6.12. The van der Waals surface area contributed by atoms with E-state index < -0.39 is 6.61 Å². The number of para-hydroxylation sites is 1. The van der Waals surface area contributed by atoms with Crippen LogP contribution in [0.25, 0.3) is 11.8 Å². The van der Waals surface area contributed by atoms with Gasteiger partial charge in [0.1, 0.15) is 5.84 Å². The molecule has 9 heteroatoms. The molecule has 0 fully saturated rings. The lowest BCUT2D eigenvalue weighted by atomic mass is 9.92. The van der Waals surface area contributed by atoms with Gasteiger partial charge < -0.3 is 14.4 Å². The van der Waals surface area contributed by atoms with Crippen molar-refractivity contribution in [2.75, 3.05) is 12.0 Å². The number of hydrogen-bond acceptors (Lipinski definition) is 5. The van der Waals surface area contributed by atoms with Crippen molar-refractivity contribution >= 4 is 35.0 Å². The standard InChI is InChI=1S/C28H21ClF2N4O2/c1-16-25-26(18-7-13-22(37-28(30)31)23(15-18)36-2)34-21-6-4-3-5-17(21)8-14-24(34)32-27(25)35(33-16)20-11-9-19(29)10-12-20/h3-15,26,28H,1-2H3/t26-/m0/s1. The van der Waals surface area contributed by atoms with Crippen LogP contribution >= 0.6 is 11.6 Å². The average molecular weight is 519 g/mol. The Hall–Kier alpha value is -4.17. The zero-order valence-corrected chi connectivity index (χ0v) is 20.7. The zero-order valence-electron chi connectivity index (χ0n) is 19.9. The number of nitrogens with zero attached hydrogens (tertiary/aromatic N) is 4. The second kappa shape index (κ2) is 9.05. The summed E-state index contributed by atoms with van der Waals surface area (Å²) in [4.78, 5) is 7.17. The molecule has 37 heavy (non-hydrogen) atoms. The van der Waals surface area contributed by atoms with E-state index in [9.17, 15) is 8.78 Å². The minimum absolute atomic E-state index is 0.0290. The van der Waals surface area contributed by atoms with Gasteiger partial charge in [0.2, 0.25) is 0 Å². The molecule has 2 aliphatic heterocycles. The minimum Gasteiger partial charge on any atom is -0.493 e. The topological polar surface area (TPSA) is 51.9 Å². The Morgan fingerprint density at radius 2 is 1.76 bits per heavy atom. The fourth-order valence-electron chi connectivity index (χ4n) is 4.90. The molecule has 0 amide bonds. The SMILES string of the molecule is COc1cc([C@H]2c3c(C)nn(-c4ccc(Cl)cc4)c3N=C3C=Cc4ccccc4N32)ccc1OC(F)F. The number of hydrogen-bond donors (Lipinski definition) is 0. The fraction of sp³-hybridized carbons (Fsp3) is 0.143. The summed E-state index contributed by atoms with van der Waals surface area (Å²) in [5.74, 6) is 1.61. The Labute approximate surface area is 217 Å². The predicted molar refractivity (Wildman–Crippen MR) is 140 cm³/mol. The monoisotopic (exact) mass is 518 g/mol. The Morgan fingerprint density at radius 1 is 0.973 bits per heavy atom. The highest BCUT2D eigenvalue weighted by Gasteiger charge is 2.38. The molecule has 0 unspecified atom stereocenters. The van der Waals surface area contributed by atoms with Gasteiger partial charge >= 0.3 is 6.61 Å². The van der Waals surface area contributed by atoms with Crippen LogP contribution in [-0.2, 0) is 0 Å². The number of aryl methyl sites for hydroxylation is 1. The molecule has 3 heterocycles. The molecule has 6 nitrogen and oxygen atoms in total. The number of alkyl halides is 2. The third kappa shape index (κ3) is 3.94. The number of aliphatic imine (C=N–C) groups is 1. The first-order valence-corrected chi connectivity index (χ1v) is 12.0. The first-order chi connectivity index (χ1) is 17.9. The minimum atomic E-state index is -2.96. The van der Waals surface area contributed by atoms with Gasteiger partial charge in [-0.25, -0.2) is 9.67 Å². The van der Waals surface area contributed by atoms with Gasteiger partial charge in [0.25, 0.3) is 0 Å². The van der Waals surface area contributed by atoms with E-state index in [1.54, 1.807) is 16.8 Å². The summed E-state index contributed by atoms with van der Waals surface area (Å²) in [5, 5.41) is 5.47. The zero-order chi connectivity index (χ0) is 25.7. The normalized spacial score (nSPS) is 15.7. The molecule has 0 radical (unpaired) electrons. The van der Waals surface area contributed by atoms with Crippen molar-refractivity contribution in [3.05, 3.63) is 100 Å². The third-order valence-corrected chi connectivity index (χ3v) is 6.73. The van der Waals surface area contributed by atoms with Gasteiger partial charge in [-0.3, -0.25) is 0 Å². The Bertz CT molecular complexity index is 1560. The Morgan fingerprint density at radius 3 is 2.51 bits per heavy atom. The number of benzene rings is 3. The van der Waals surface area contributed by atoms with Crippen LogP contribution in [0.4, 0.5) is 20.3 Å². The van der Waals surface area contributed by atoms with Crippen molar-refractivity contribution in [2.45, 2.75) is 19.6 Å². The van der Waals surface area contributed by atoms with Gasteiger partial charge in [0, 0.05) is 10.6 Å². The molecule has 0 spiro atoms. The highest BCUT2D eigenvalue weighted by atomic mass is 35.5. The lowest BCUT2D eigenvalue weighted by Crippen LogP contribution is -2.38. The maximum atomic E-state index is 13.0. The van der Waals surface area contributed by atoms with Crippen LogP contribution in [0.1, 0.15) is 28.4 Å². The van der Waals surface area contributed by atoms with Crippen molar-refractivity contribution in [1.29, 1.82) is 0 Å². The van der Waals surface area contributed by atoms with Gasteiger partial charge in [-0.2, -0.15) is 13.9 Å². The smallest absolute Gasteiger partial charge is 0.387 e. The molecule has 0 saturated heterocycles. The van der Waals surface area contributed by atoms with E-state index in [2.05, 4.69) is 9.64 Å². The van der Waals surface area contributed by atoms with Gasteiger partial charge in [0.05, 0.1) is 30.2 Å². The van der Waals surface area contributed by atoms with Gasteiger partial charge in [-0.15, -0.1) is 0 Å². The molecule has 1 aromatic heterocycles. The van der Waals surface area contributed by atoms with E-state index in [1.165, 1.54) is 13.2 Å². The van der Waals surface area contributed by atoms with Crippen LogP contribution in [0.3, 0.4) is 0 Å². The predicted octanol–water partition coefficient (Wildman–Crippen LogP) is 7.11. The lowest BCUT2D eigenvalue weighted by molar-refractivity contribution is -0.0512. The maximum absolute atomic E-state index is 13.0. The van der Waals surface area contributed by atoms with E-state index in [-0.39, 0.29) is 17.5 Å². The fourth-order valence-corrected chi connectivity index (χ4v) is 5.02. The van der Waals surface area contributed by atoms with Gasteiger partial charge in [0.15, 0.2) is 17.3 Å². The molecule has 4 aromatic rings. The number of fused-ring (bicyclic) bond motifs is 4. The quantitative estimate of drug-likeness (QED) is 0.282. The summed E-state index contributed by atoms with van der Waals surface area (Å²) in [5.41, 5.74) is 5.34. The molecular weight excluding hydrogens is 498 g/mol. The van der Waals surface area contributed by atoms with E-state index in [0.717, 1.165) is 39.6 Å². The van der Waals surface area contributed by atoms with Crippen molar-refractivity contribution in [3.8, 4) is 17.2 Å². The van der Waals surface area contributed by atoms with Crippen LogP contribution in [0.5, 0.6) is 11.5 Å². The molecule has 6 rings (SSSR count). The Balaban J connectivity index is 1.59. The molecule has 1 atom stereocenters. The number of halogens is 3. The highest BCUT2D eigenvalue weighted by Crippen LogP contribution is 2.47. The van der Waals surface area contributed by atoms with Crippen LogP contribution in [-0.4, -0.2) is 29.3 Å². The molecule has 186 valence electrons. The molecule has 2 aliphatic rings. The van der Waals surface area contributed by atoms with E-state index >= 15 is 0 Å². The van der Waals surface area contributed by atoms with Gasteiger partial charge in [-0.05, 0) is 72.7 Å². The second-order valence-electron chi connectivity index (χ2n) is 8.63. The lowest BCUT2D eigenvalue weighted by Gasteiger charge is -2.39. The molecule has 0 N–H and O–H groups in total. The van der Waals surface area contributed by atoms with Gasteiger partial charge in [-0.1, -0.05) is 35.9 Å². The van der Waals surface area contributed by atoms with Crippen LogP contribution in [0, 0.1) is 6.92 Å². The van der Waals surface area contributed by atoms with Crippen molar-refractivity contribution in [3.63, 3.8) is 0 Å². The van der Waals surface area contributed by atoms with Crippen molar-refractivity contribution in [2.24, 2.45) is 4.99 Å². The number of ether oxygens (including phenoxy) is 2. The van der Waals surface area contributed by atoms with Crippen LogP contribution < -0.4 is 14.4 Å². The van der Waals surface area contributed by atoms with E-state index in [4.69, 9.17) is 26.4 Å². The highest BCUT2D eigenvalue weighted by molar-refractivity contribution is 6.30. The van der Waals surface area contributed by atoms with Crippen molar-refractivity contribution in [1.82, 2.24) is 9.78 Å². The van der Waals surface area contributed by atoms with E-state index in [1.807, 2.05) is 67.6 Å². The summed E-state index contributed by atoms with van der Waals surface area (Å²) in [6, 6.07) is 20.1. The van der Waals surface area contributed by atoms with Crippen LogP contribution in [0.15, 0.2) is 77.8 Å². The maximum Gasteiger partial charge on any atom is 0.387 e. The summed E-state index contributed by atoms with van der Waals surface area (Å²) < 4.78 is 37.9. The summed E-state index contributed by atoms with van der Waals surface area (Å²) in [6.07, 6.45) is 4.00. The molecule has 0 bridgehead atoms. The largest absolute Gasteiger partial charge is 0.493 e. The number of rotatable bonds is 5. The summed E-state index contributed by atoms with van der Waals surface area (Å²) in [7, 11) is 1.43. The summed E-state index contributed by atoms with van der Waals surface area (Å²) in [6.45, 7) is -1.02. The molecule has 0 aliphatic carbocycles. The number of aromatic nitrogens is 2.